The Labute approximate surface area is 122 Å². The standard InChI is InChI=1S/C8H4Cl4N2O2S/c9-1-15-6-4(10)7(12)14-8(5(6)11)16-3-17-2-13/h1,3H2. The van der Waals surface area contributed by atoms with Gasteiger partial charge in [0.2, 0.25) is 5.88 Å². The van der Waals surface area contributed by atoms with Gasteiger partial charge in [0.05, 0.1) is 0 Å². The Morgan fingerprint density at radius 2 is 1.94 bits per heavy atom. The Kier molecular flexibility index (Phi) is 6.31. The number of rotatable bonds is 5. The zero-order valence-corrected chi connectivity index (χ0v) is 11.9. The lowest BCUT2D eigenvalue weighted by Crippen LogP contribution is -1.99. The third kappa shape index (κ3) is 3.87. The van der Waals surface area contributed by atoms with E-state index in [9.17, 15) is 0 Å². The first-order valence-electron chi connectivity index (χ1n) is 3.98. The predicted octanol–water partition coefficient (Wildman–Crippen LogP) is 4.17. The van der Waals surface area contributed by atoms with Crippen molar-refractivity contribution in [2.75, 3.05) is 12.0 Å². The molecule has 17 heavy (non-hydrogen) atoms. The van der Waals surface area contributed by atoms with E-state index in [4.69, 9.17) is 61.1 Å². The fourth-order valence-corrected chi connectivity index (χ4v) is 1.84. The van der Waals surface area contributed by atoms with Crippen molar-refractivity contribution in [3.05, 3.63) is 15.2 Å². The lowest BCUT2D eigenvalue weighted by atomic mass is 10.4. The highest BCUT2D eigenvalue weighted by atomic mass is 35.5. The zero-order chi connectivity index (χ0) is 12.8. The highest BCUT2D eigenvalue weighted by Crippen LogP contribution is 2.42. The fourth-order valence-electron chi connectivity index (χ4n) is 0.863. The molecular formula is C8H4Cl4N2O2S. The first-order chi connectivity index (χ1) is 8.11. The Balaban J connectivity index is 3.02. The molecule has 0 aromatic carbocycles. The van der Waals surface area contributed by atoms with Crippen LogP contribution in [-0.4, -0.2) is 17.0 Å². The number of hydrogen-bond donors (Lipinski definition) is 0. The van der Waals surface area contributed by atoms with Crippen LogP contribution in [0, 0.1) is 10.7 Å². The summed E-state index contributed by atoms with van der Waals surface area (Å²) in [7, 11) is 0. The van der Waals surface area contributed by atoms with E-state index in [1.165, 1.54) is 0 Å². The second kappa shape index (κ2) is 7.24. The van der Waals surface area contributed by atoms with Crippen molar-refractivity contribution < 1.29 is 9.47 Å². The molecule has 0 N–H and O–H groups in total. The maximum Gasteiger partial charge on any atom is 0.238 e. The third-order valence-corrected chi connectivity index (χ3v) is 3.01. The van der Waals surface area contributed by atoms with Crippen molar-refractivity contribution in [2.45, 2.75) is 0 Å². The van der Waals surface area contributed by atoms with E-state index in [2.05, 4.69) is 4.98 Å². The predicted molar refractivity (Wildman–Crippen MR) is 69.3 cm³/mol. The molecule has 0 aliphatic carbocycles. The number of nitriles is 1. The van der Waals surface area contributed by atoms with E-state index < -0.39 is 0 Å². The number of halogens is 4. The zero-order valence-electron chi connectivity index (χ0n) is 8.05. The molecule has 0 saturated carbocycles. The van der Waals surface area contributed by atoms with Crippen molar-refractivity contribution in [2.24, 2.45) is 0 Å². The molecule has 1 aromatic rings. The Bertz CT molecular complexity index is 452. The third-order valence-electron chi connectivity index (χ3n) is 1.49. The normalized spacial score (nSPS) is 9.82. The molecule has 1 rings (SSSR count). The van der Waals surface area contributed by atoms with Gasteiger partial charge in [-0.25, -0.2) is 0 Å². The summed E-state index contributed by atoms with van der Waals surface area (Å²) in [4.78, 5) is 3.82. The molecule has 4 nitrogen and oxygen atoms in total. The first kappa shape index (κ1) is 14.8. The second-order valence-corrected chi connectivity index (χ2v) is 4.46. The van der Waals surface area contributed by atoms with Crippen molar-refractivity contribution in [1.29, 1.82) is 5.26 Å². The minimum Gasteiger partial charge on any atom is -0.474 e. The number of hydrogen-bond acceptors (Lipinski definition) is 5. The monoisotopic (exact) mass is 332 g/mol. The number of alkyl halides is 1. The molecule has 0 bridgehead atoms. The number of thiocyanates is 1. The Morgan fingerprint density at radius 3 is 2.53 bits per heavy atom. The van der Waals surface area contributed by atoms with Gasteiger partial charge in [0.25, 0.3) is 0 Å². The van der Waals surface area contributed by atoms with Crippen LogP contribution >= 0.6 is 58.2 Å². The van der Waals surface area contributed by atoms with E-state index in [0.717, 1.165) is 11.8 Å². The molecule has 1 heterocycles. The van der Waals surface area contributed by atoms with Crippen molar-refractivity contribution in [1.82, 2.24) is 4.98 Å². The van der Waals surface area contributed by atoms with Crippen LogP contribution in [0.1, 0.15) is 0 Å². The van der Waals surface area contributed by atoms with Gasteiger partial charge < -0.3 is 9.47 Å². The molecule has 0 unspecified atom stereocenters. The number of thioether (sulfide) groups is 1. The van der Waals surface area contributed by atoms with Crippen LogP contribution < -0.4 is 9.47 Å². The quantitative estimate of drug-likeness (QED) is 0.266. The summed E-state index contributed by atoms with van der Waals surface area (Å²) in [6.45, 7) is 0. The molecule has 0 fully saturated rings. The summed E-state index contributed by atoms with van der Waals surface area (Å²) in [6, 6.07) is -0.147. The van der Waals surface area contributed by atoms with Crippen LogP contribution in [0.25, 0.3) is 0 Å². The summed E-state index contributed by atoms with van der Waals surface area (Å²) in [5.74, 6) is 0.186. The summed E-state index contributed by atoms with van der Waals surface area (Å²) in [5.41, 5.74) is 0. The van der Waals surface area contributed by atoms with Crippen molar-refractivity contribution >= 4 is 58.2 Å². The molecule has 1 aromatic heterocycles. The van der Waals surface area contributed by atoms with Gasteiger partial charge in [-0.05, 0) is 11.8 Å². The Morgan fingerprint density at radius 1 is 1.24 bits per heavy atom. The average Bonchev–Trinajstić information content (AvgIpc) is 2.31. The highest BCUT2D eigenvalue weighted by Gasteiger charge is 2.19. The van der Waals surface area contributed by atoms with Crippen LogP contribution in [0.5, 0.6) is 11.6 Å². The smallest absolute Gasteiger partial charge is 0.238 e. The highest BCUT2D eigenvalue weighted by molar-refractivity contribution is 8.03. The van der Waals surface area contributed by atoms with Gasteiger partial charge in [0.1, 0.15) is 21.4 Å². The van der Waals surface area contributed by atoms with Crippen LogP contribution in [0.15, 0.2) is 0 Å². The minimum atomic E-state index is -0.147. The lowest BCUT2D eigenvalue weighted by Gasteiger charge is -2.11. The first-order valence-corrected chi connectivity index (χ1v) is 6.64. The van der Waals surface area contributed by atoms with E-state index in [1.54, 1.807) is 0 Å². The van der Waals surface area contributed by atoms with Gasteiger partial charge in [0, 0.05) is 0 Å². The van der Waals surface area contributed by atoms with Gasteiger partial charge in [-0.15, -0.1) is 0 Å². The van der Waals surface area contributed by atoms with Gasteiger partial charge in [0.15, 0.2) is 17.0 Å². The molecule has 92 valence electrons. The van der Waals surface area contributed by atoms with Crippen LogP contribution in [-0.2, 0) is 0 Å². The maximum absolute atomic E-state index is 8.34. The van der Waals surface area contributed by atoms with Gasteiger partial charge in [-0.2, -0.15) is 10.2 Å². The number of aromatic nitrogens is 1. The minimum absolute atomic E-state index is 0.0202. The molecule has 0 spiro atoms. The molecule has 0 saturated heterocycles. The van der Waals surface area contributed by atoms with Crippen molar-refractivity contribution in [3.8, 4) is 17.0 Å². The largest absolute Gasteiger partial charge is 0.474 e. The van der Waals surface area contributed by atoms with Crippen LogP contribution in [0.4, 0.5) is 0 Å². The van der Waals surface area contributed by atoms with Crippen LogP contribution in [0.2, 0.25) is 15.2 Å². The van der Waals surface area contributed by atoms with E-state index >= 15 is 0 Å². The van der Waals surface area contributed by atoms with Gasteiger partial charge >= 0.3 is 0 Å². The fraction of sp³-hybridized carbons (Fsp3) is 0.250. The second-order valence-electron chi connectivity index (χ2n) is 2.42. The lowest BCUT2D eigenvalue weighted by molar-refractivity contribution is 0.361. The summed E-state index contributed by atoms with van der Waals surface area (Å²) < 4.78 is 10.2. The molecule has 0 aliphatic rings. The van der Waals surface area contributed by atoms with Gasteiger partial charge in [-0.3, -0.25) is 0 Å². The SMILES string of the molecule is N#CSCOc1nc(Cl)c(Cl)c(OCCl)c1Cl. The van der Waals surface area contributed by atoms with Gasteiger partial charge in [-0.1, -0.05) is 46.4 Å². The summed E-state index contributed by atoms with van der Waals surface area (Å²) in [5, 5.41) is 10.3. The topological polar surface area (TPSA) is 55.1 Å². The number of ether oxygens (including phenoxy) is 2. The molecule has 0 amide bonds. The molecule has 0 atom stereocenters. The van der Waals surface area contributed by atoms with E-state index in [-0.39, 0.29) is 38.8 Å². The summed E-state index contributed by atoms with van der Waals surface area (Å²) >= 11 is 23.8. The Hall–Kier alpha value is -0.250. The maximum atomic E-state index is 8.34. The molecule has 0 radical (unpaired) electrons. The number of pyridine rings is 1. The van der Waals surface area contributed by atoms with Crippen molar-refractivity contribution in [3.63, 3.8) is 0 Å². The average molecular weight is 334 g/mol. The summed E-state index contributed by atoms with van der Waals surface area (Å²) in [6.07, 6.45) is 0. The number of nitrogens with zero attached hydrogens (tertiary/aromatic N) is 2. The van der Waals surface area contributed by atoms with Crippen LogP contribution in [0.3, 0.4) is 0 Å². The molecule has 0 aliphatic heterocycles. The molecular weight excluding hydrogens is 330 g/mol. The van der Waals surface area contributed by atoms with E-state index in [0.29, 0.717) is 0 Å². The molecule has 9 heteroatoms. The van der Waals surface area contributed by atoms with E-state index in [1.807, 2.05) is 5.40 Å².